The van der Waals surface area contributed by atoms with Gasteiger partial charge in [-0.25, -0.2) is 9.18 Å². The molecule has 20 heavy (non-hydrogen) atoms. The van der Waals surface area contributed by atoms with Gasteiger partial charge in [0, 0.05) is 30.4 Å². The van der Waals surface area contributed by atoms with Gasteiger partial charge < -0.3 is 15.0 Å². The van der Waals surface area contributed by atoms with E-state index in [0.717, 1.165) is 0 Å². The van der Waals surface area contributed by atoms with Crippen LogP contribution >= 0.6 is 15.9 Å². The monoisotopic (exact) mass is 343 g/mol. The lowest BCUT2D eigenvalue weighted by atomic mass is 10.3. The van der Waals surface area contributed by atoms with Crippen LogP contribution in [0.3, 0.4) is 0 Å². The Hall–Kier alpha value is -1.65. The van der Waals surface area contributed by atoms with E-state index in [-0.39, 0.29) is 6.42 Å². The van der Waals surface area contributed by atoms with E-state index in [0.29, 0.717) is 29.9 Å². The summed E-state index contributed by atoms with van der Waals surface area (Å²) >= 11 is 3.16. The molecule has 0 radical (unpaired) electrons. The van der Waals surface area contributed by atoms with Crippen molar-refractivity contribution in [2.45, 2.75) is 6.42 Å². The second-order valence-corrected chi connectivity index (χ2v) is 4.89. The number of carbonyl (C=O) groups is 1. The predicted octanol–water partition coefficient (Wildman–Crippen LogP) is 2.98. The number of hydrogen-bond acceptors (Lipinski definition) is 3. The summed E-state index contributed by atoms with van der Waals surface area (Å²) in [4.78, 5) is 13.5. The topological polar surface area (TPSA) is 65.4 Å². The molecule has 0 atom stereocenters. The number of urea groups is 1. The summed E-state index contributed by atoms with van der Waals surface area (Å²) in [6, 6.07) is 5.71. The molecule has 0 bridgehead atoms. The first kappa shape index (κ1) is 16.4. The van der Waals surface area contributed by atoms with Crippen LogP contribution in [0.5, 0.6) is 0 Å². The molecular weight excluding hydrogens is 329 g/mol. The van der Waals surface area contributed by atoms with Crippen molar-refractivity contribution < 1.29 is 13.9 Å². The second kappa shape index (κ2) is 8.51. The highest BCUT2D eigenvalue weighted by molar-refractivity contribution is 9.10. The first-order valence-electron chi connectivity index (χ1n) is 5.94. The largest absolute Gasteiger partial charge is 0.383 e. The fourth-order valence-corrected chi connectivity index (χ4v) is 2.00. The van der Waals surface area contributed by atoms with Crippen molar-refractivity contribution in [2.75, 3.05) is 32.1 Å². The van der Waals surface area contributed by atoms with E-state index in [4.69, 9.17) is 10.00 Å². The number of nitriles is 1. The molecule has 0 saturated heterocycles. The number of ether oxygens (including phenoxy) is 1. The van der Waals surface area contributed by atoms with E-state index >= 15 is 0 Å². The Morgan fingerprint density at radius 1 is 1.50 bits per heavy atom. The first-order valence-corrected chi connectivity index (χ1v) is 6.74. The van der Waals surface area contributed by atoms with Crippen molar-refractivity contribution in [3.8, 4) is 6.07 Å². The molecule has 0 aliphatic rings. The van der Waals surface area contributed by atoms with E-state index in [9.17, 15) is 9.18 Å². The summed E-state index contributed by atoms with van der Waals surface area (Å²) in [6.07, 6.45) is 0.226. The maximum atomic E-state index is 13.2. The zero-order chi connectivity index (χ0) is 15.0. The van der Waals surface area contributed by atoms with E-state index in [1.54, 1.807) is 6.07 Å². The van der Waals surface area contributed by atoms with Gasteiger partial charge in [0.1, 0.15) is 5.82 Å². The van der Waals surface area contributed by atoms with Gasteiger partial charge in [-0.2, -0.15) is 5.26 Å². The van der Waals surface area contributed by atoms with Crippen molar-refractivity contribution in [3.05, 3.63) is 28.5 Å². The van der Waals surface area contributed by atoms with Crippen LogP contribution in [-0.4, -0.2) is 37.7 Å². The molecule has 1 N–H and O–H groups in total. The molecule has 0 aliphatic heterocycles. The highest BCUT2D eigenvalue weighted by atomic mass is 79.9. The average molecular weight is 344 g/mol. The number of anilines is 1. The van der Waals surface area contributed by atoms with Crippen LogP contribution in [0.2, 0.25) is 0 Å². The highest BCUT2D eigenvalue weighted by Gasteiger charge is 2.13. The van der Waals surface area contributed by atoms with Crippen LogP contribution in [0.15, 0.2) is 22.7 Å². The number of methoxy groups -OCH3 is 1. The lowest BCUT2D eigenvalue weighted by Gasteiger charge is -2.21. The standard InChI is InChI=1S/C13H15BrFN3O2/c1-20-6-5-18(4-2-3-16)13(19)17-12-8-10(14)7-11(15)9-12/h7-9H,2,4-6H2,1H3,(H,17,19). The summed E-state index contributed by atoms with van der Waals surface area (Å²) in [5.74, 6) is -0.449. The van der Waals surface area contributed by atoms with Gasteiger partial charge in [0.25, 0.3) is 0 Å². The summed E-state index contributed by atoms with van der Waals surface area (Å²) < 4.78 is 18.7. The molecule has 0 heterocycles. The Morgan fingerprint density at radius 3 is 2.85 bits per heavy atom. The quantitative estimate of drug-likeness (QED) is 0.863. The number of carbonyl (C=O) groups excluding carboxylic acids is 1. The number of rotatable bonds is 6. The molecule has 0 aliphatic carbocycles. The predicted molar refractivity (Wildman–Crippen MR) is 76.8 cm³/mol. The van der Waals surface area contributed by atoms with Crippen LogP contribution in [0.1, 0.15) is 6.42 Å². The molecule has 1 rings (SSSR count). The zero-order valence-corrected chi connectivity index (χ0v) is 12.6. The van der Waals surface area contributed by atoms with Gasteiger partial charge in [0.2, 0.25) is 0 Å². The minimum absolute atomic E-state index is 0.226. The Bertz CT molecular complexity index is 485. The summed E-state index contributed by atoms with van der Waals surface area (Å²) in [5, 5.41) is 11.2. The summed E-state index contributed by atoms with van der Waals surface area (Å²) in [6.45, 7) is 1.02. The Morgan fingerprint density at radius 2 is 2.25 bits per heavy atom. The van der Waals surface area contributed by atoms with E-state index < -0.39 is 11.8 Å². The average Bonchev–Trinajstić information content (AvgIpc) is 2.37. The van der Waals surface area contributed by atoms with Gasteiger partial charge in [-0.1, -0.05) is 15.9 Å². The zero-order valence-electron chi connectivity index (χ0n) is 11.0. The molecule has 1 aromatic carbocycles. The maximum Gasteiger partial charge on any atom is 0.321 e. The summed E-state index contributed by atoms with van der Waals surface area (Å²) in [7, 11) is 1.53. The third-order valence-corrected chi connectivity index (χ3v) is 2.92. The second-order valence-electron chi connectivity index (χ2n) is 3.98. The molecule has 108 valence electrons. The lowest BCUT2D eigenvalue weighted by Crippen LogP contribution is -2.38. The third-order valence-electron chi connectivity index (χ3n) is 2.46. The van der Waals surface area contributed by atoms with Crippen LogP contribution in [0.25, 0.3) is 0 Å². The minimum Gasteiger partial charge on any atom is -0.383 e. The smallest absolute Gasteiger partial charge is 0.321 e. The van der Waals surface area contributed by atoms with Crippen LogP contribution in [0.4, 0.5) is 14.9 Å². The van der Waals surface area contributed by atoms with Crippen molar-refractivity contribution in [2.24, 2.45) is 0 Å². The van der Waals surface area contributed by atoms with Gasteiger partial charge in [-0.05, 0) is 18.2 Å². The SMILES string of the molecule is COCCN(CCC#N)C(=O)Nc1cc(F)cc(Br)c1. The van der Waals surface area contributed by atoms with Crippen molar-refractivity contribution >= 4 is 27.6 Å². The number of benzene rings is 1. The van der Waals surface area contributed by atoms with Crippen molar-refractivity contribution in [1.82, 2.24) is 4.90 Å². The van der Waals surface area contributed by atoms with Gasteiger partial charge in [0.15, 0.2) is 0 Å². The number of amides is 2. The van der Waals surface area contributed by atoms with Gasteiger partial charge in [0.05, 0.1) is 19.1 Å². The van der Waals surface area contributed by atoms with Crippen LogP contribution in [-0.2, 0) is 4.74 Å². The Labute approximate surface area is 125 Å². The Balaban J connectivity index is 2.71. The normalized spacial score (nSPS) is 9.90. The fraction of sp³-hybridized carbons (Fsp3) is 0.385. The van der Waals surface area contributed by atoms with Crippen LogP contribution in [0, 0.1) is 17.1 Å². The maximum absolute atomic E-state index is 13.2. The molecule has 0 spiro atoms. The molecule has 1 aromatic rings. The van der Waals surface area contributed by atoms with Gasteiger partial charge in [-0.3, -0.25) is 0 Å². The minimum atomic E-state index is -0.449. The number of hydrogen-bond donors (Lipinski definition) is 1. The van der Waals surface area contributed by atoms with Crippen molar-refractivity contribution in [3.63, 3.8) is 0 Å². The first-order chi connectivity index (χ1) is 9.56. The van der Waals surface area contributed by atoms with Gasteiger partial charge in [-0.15, -0.1) is 0 Å². The van der Waals surface area contributed by atoms with Crippen LogP contribution < -0.4 is 5.32 Å². The molecule has 5 nitrogen and oxygen atoms in total. The van der Waals surface area contributed by atoms with E-state index in [1.807, 2.05) is 6.07 Å². The van der Waals surface area contributed by atoms with Crippen molar-refractivity contribution in [1.29, 1.82) is 5.26 Å². The molecule has 2 amide bonds. The molecule has 7 heteroatoms. The Kier molecular flexibility index (Phi) is 6.98. The number of halogens is 2. The van der Waals surface area contributed by atoms with E-state index in [1.165, 1.54) is 24.1 Å². The highest BCUT2D eigenvalue weighted by Crippen LogP contribution is 2.19. The van der Waals surface area contributed by atoms with E-state index in [2.05, 4.69) is 21.2 Å². The number of nitrogens with one attached hydrogen (secondary N) is 1. The number of nitrogens with zero attached hydrogens (tertiary/aromatic N) is 2. The lowest BCUT2D eigenvalue weighted by molar-refractivity contribution is 0.156. The van der Waals surface area contributed by atoms with Gasteiger partial charge >= 0.3 is 6.03 Å². The molecular formula is C13H15BrFN3O2. The fourth-order valence-electron chi connectivity index (χ4n) is 1.53. The molecule has 0 aromatic heterocycles. The third kappa shape index (κ3) is 5.55. The molecule has 0 saturated carbocycles. The molecule has 0 unspecified atom stereocenters. The molecule has 0 fully saturated rings. The summed E-state index contributed by atoms with van der Waals surface area (Å²) in [5.41, 5.74) is 0.348.